The van der Waals surface area contributed by atoms with Crippen LogP contribution < -0.4 is 5.32 Å². The van der Waals surface area contributed by atoms with E-state index >= 15 is 0 Å². The van der Waals surface area contributed by atoms with Crippen molar-refractivity contribution in [1.82, 2.24) is 5.32 Å². The number of hydrogen-bond donors (Lipinski definition) is 12. The monoisotopic (exact) mass is 1230 g/mol. The van der Waals surface area contributed by atoms with Gasteiger partial charge in [0.1, 0.15) is 73.2 Å². The van der Waals surface area contributed by atoms with E-state index in [2.05, 4.69) is 67.8 Å². The Labute approximate surface area is 516 Å². The van der Waals surface area contributed by atoms with Crippen LogP contribution in [0.4, 0.5) is 0 Å². The third kappa shape index (κ3) is 31.7. The van der Waals surface area contributed by atoms with Crippen molar-refractivity contribution >= 4 is 5.91 Å². The maximum atomic E-state index is 13.3. The van der Waals surface area contributed by atoms with Gasteiger partial charge in [-0.3, -0.25) is 4.79 Å². The van der Waals surface area contributed by atoms with Crippen molar-refractivity contribution in [3.05, 3.63) is 48.6 Å². The first-order valence-electron chi connectivity index (χ1n) is 33.9. The first-order chi connectivity index (χ1) is 41.8. The van der Waals surface area contributed by atoms with Crippen molar-refractivity contribution in [1.29, 1.82) is 0 Å². The van der Waals surface area contributed by atoms with Crippen molar-refractivity contribution in [2.75, 3.05) is 26.4 Å². The number of amides is 1. The molecule has 86 heavy (non-hydrogen) atoms. The number of allylic oxidation sites excluding steroid dienone is 8. The molecule has 12 N–H and O–H groups in total. The molecule has 19 heteroatoms. The molecule has 0 aromatic carbocycles. The third-order valence-electron chi connectivity index (χ3n) is 16.9. The molecule has 3 aliphatic heterocycles. The Bertz CT molecular complexity index is 1750. The molecule has 502 valence electrons. The van der Waals surface area contributed by atoms with Crippen LogP contribution in [0.5, 0.6) is 0 Å². The molecule has 3 rings (SSSR count). The van der Waals surface area contributed by atoms with Crippen molar-refractivity contribution in [3.8, 4) is 0 Å². The predicted molar refractivity (Wildman–Crippen MR) is 332 cm³/mol. The third-order valence-corrected chi connectivity index (χ3v) is 16.9. The van der Waals surface area contributed by atoms with Gasteiger partial charge in [0, 0.05) is 6.42 Å². The second-order valence-electron chi connectivity index (χ2n) is 24.3. The number of unbranched alkanes of at least 4 members (excludes halogenated alkanes) is 27. The fraction of sp³-hybridized carbons (Fsp3) is 0.866. The number of ether oxygens (including phenoxy) is 6. The normalized spacial score (nSPS) is 29.1. The molecule has 3 heterocycles. The largest absolute Gasteiger partial charge is 0.394 e. The summed E-state index contributed by atoms with van der Waals surface area (Å²) in [6.45, 7) is 1.60. The average molecular weight is 1230 g/mol. The van der Waals surface area contributed by atoms with E-state index in [0.717, 1.165) is 83.5 Å². The Hall–Kier alpha value is -2.25. The van der Waals surface area contributed by atoms with Crippen molar-refractivity contribution < 1.29 is 89.4 Å². The quantitative estimate of drug-likeness (QED) is 0.0202. The zero-order chi connectivity index (χ0) is 62.6. The molecule has 0 aromatic heterocycles. The number of hydrogen-bond acceptors (Lipinski definition) is 18. The van der Waals surface area contributed by atoms with E-state index in [1.807, 2.05) is 0 Å². The maximum Gasteiger partial charge on any atom is 0.220 e. The summed E-state index contributed by atoms with van der Waals surface area (Å²) >= 11 is 0. The molecule has 3 saturated heterocycles. The fourth-order valence-corrected chi connectivity index (χ4v) is 11.4. The van der Waals surface area contributed by atoms with E-state index < -0.39 is 124 Å². The van der Waals surface area contributed by atoms with E-state index in [1.165, 1.54) is 122 Å². The summed E-state index contributed by atoms with van der Waals surface area (Å²) in [5.74, 6) is -0.246. The highest BCUT2D eigenvalue weighted by Gasteiger charge is 2.53. The molecular formula is C67H121NO18. The van der Waals surface area contributed by atoms with Crippen LogP contribution in [0.2, 0.25) is 0 Å². The first kappa shape index (κ1) is 78.0. The molecule has 3 fully saturated rings. The molecule has 19 nitrogen and oxygen atoms in total. The van der Waals surface area contributed by atoms with Crippen molar-refractivity contribution in [2.24, 2.45) is 0 Å². The van der Waals surface area contributed by atoms with Gasteiger partial charge in [-0.15, -0.1) is 0 Å². The number of rotatable bonds is 51. The molecule has 17 unspecified atom stereocenters. The average Bonchev–Trinajstić information content (AvgIpc) is 2.46. The number of carbonyl (C=O) groups is 1. The maximum absolute atomic E-state index is 13.3. The Morgan fingerprint density at radius 3 is 1.26 bits per heavy atom. The summed E-state index contributed by atoms with van der Waals surface area (Å²) < 4.78 is 34.2. The van der Waals surface area contributed by atoms with Gasteiger partial charge < -0.3 is 89.9 Å². The van der Waals surface area contributed by atoms with Crippen LogP contribution in [-0.2, 0) is 33.2 Å². The number of aliphatic hydroxyl groups excluding tert-OH is 11. The van der Waals surface area contributed by atoms with Crippen molar-refractivity contribution in [3.63, 3.8) is 0 Å². The summed E-state index contributed by atoms with van der Waals surface area (Å²) in [5.41, 5.74) is 0. The minimum Gasteiger partial charge on any atom is -0.394 e. The lowest BCUT2D eigenvalue weighted by Gasteiger charge is -2.48. The molecule has 0 aromatic rings. The molecule has 0 aliphatic carbocycles. The Balaban J connectivity index is 1.26. The summed E-state index contributed by atoms with van der Waals surface area (Å²) in [4.78, 5) is 13.3. The molecule has 1 amide bonds. The molecule has 0 spiro atoms. The number of aliphatic hydroxyl groups is 11. The molecule has 0 bridgehead atoms. The van der Waals surface area contributed by atoms with E-state index in [-0.39, 0.29) is 18.9 Å². The predicted octanol–water partition coefficient (Wildman–Crippen LogP) is 8.22. The van der Waals surface area contributed by atoms with Crippen LogP contribution in [0.25, 0.3) is 0 Å². The van der Waals surface area contributed by atoms with Crippen molar-refractivity contribution in [2.45, 2.75) is 343 Å². The van der Waals surface area contributed by atoms with Gasteiger partial charge in [-0.25, -0.2) is 0 Å². The Kier molecular flexibility index (Phi) is 44.8. The molecule has 3 aliphatic rings. The van der Waals surface area contributed by atoms with Crippen LogP contribution in [0.3, 0.4) is 0 Å². The number of nitrogens with one attached hydrogen (secondary N) is 1. The van der Waals surface area contributed by atoms with E-state index in [1.54, 1.807) is 0 Å². The van der Waals surface area contributed by atoms with E-state index in [0.29, 0.717) is 12.8 Å². The Morgan fingerprint density at radius 1 is 0.430 bits per heavy atom. The zero-order valence-electron chi connectivity index (χ0n) is 52.8. The highest BCUT2D eigenvalue weighted by atomic mass is 16.8. The van der Waals surface area contributed by atoms with Crippen LogP contribution >= 0.6 is 0 Å². The van der Waals surface area contributed by atoms with Crippen LogP contribution in [0.15, 0.2) is 48.6 Å². The second kappa shape index (κ2) is 49.5. The number of carbonyl (C=O) groups excluding carboxylic acids is 1. The van der Waals surface area contributed by atoms with E-state index in [9.17, 15) is 61.0 Å². The van der Waals surface area contributed by atoms with Crippen LogP contribution in [0, 0.1) is 0 Å². The van der Waals surface area contributed by atoms with Gasteiger partial charge in [-0.2, -0.15) is 0 Å². The van der Waals surface area contributed by atoms with Gasteiger partial charge in [0.2, 0.25) is 5.91 Å². The summed E-state index contributed by atoms with van der Waals surface area (Å²) in [6.07, 6.45) is 31.5. The lowest BCUT2D eigenvalue weighted by atomic mass is 9.96. The second-order valence-corrected chi connectivity index (χ2v) is 24.3. The zero-order valence-corrected chi connectivity index (χ0v) is 52.8. The van der Waals surface area contributed by atoms with Gasteiger partial charge in [0.25, 0.3) is 0 Å². The van der Waals surface area contributed by atoms with E-state index in [4.69, 9.17) is 28.4 Å². The van der Waals surface area contributed by atoms with Gasteiger partial charge in [-0.1, -0.05) is 229 Å². The van der Waals surface area contributed by atoms with Crippen LogP contribution in [0.1, 0.15) is 239 Å². The molecule has 17 atom stereocenters. The summed E-state index contributed by atoms with van der Waals surface area (Å²) in [5, 5.41) is 120. The lowest BCUT2D eigenvalue weighted by molar-refractivity contribution is -0.379. The summed E-state index contributed by atoms with van der Waals surface area (Å²) in [7, 11) is 0. The highest BCUT2D eigenvalue weighted by Crippen LogP contribution is 2.33. The first-order valence-corrected chi connectivity index (χ1v) is 33.9. The minimum atomic E-state index is -1.97. The highest BCUT2D eigenvalue weighted by molar-refractivity contribution is 5.76. The SMILES string of the molecule is CC/C=C\C/C=C\C/C=C\C/C=C\CCCCCCCCCCCCCCCCCCCCCCCCC(=O)NC(COC1OC(CO)C(OC2OC(CO)C(OC3OC(CO)C(O)C(O)C3O)C(O)C2O)C(O)C1O)C(O)CCCCCCCC. The standard InChI is InChI=1S/C67H121NO18/c1-3-5-7-9-11-12-13-14-15-16-17-18-19-20-21-22-23-24-25-26-27-28-29-30-31-32-33-34-35-36-37-38-39-41-43-45-55(73)68-50(51(72)44-42-40-10-8-6-4-2)49-81-65-61(79)58(76)63(53(47-70)83-65)86-67-62(80)59(77)64(54(48-71)84-67)85-66-60(78)57(75)56(74)52(46-69)82-66/h5,7,11-12,14-15,17-18,50-54,56-67,69-72,74-80H,3-4,6,8-10,13,16,19-49H2,1-2H3,(H,68,73)/b7-5-,12-11-,15-14-,18-17-. The van der Waals surface area contributed by atoms with Gasteiger partial charge >= 0.3 is 0 Å². The fourth-order valence-electron chi connectivity index (χ4n) is 11.4. The van der Waals surface area contributed by atoms with Gasteiger partial charge in [0.05, 0.1) is 38.6 Å². The molecular weight excluding hydrogens is 1110 g/mol. The minimum absolute atomic E-state index is 0.246. The van der Waals surface area contributed by atoms with Gasteiger partial charge in [0.15, 0.2) is 18.9 Å². The smallest absolute Gasteiger partial charge is 0.220 e. The lowest BCUT2D eigenvalue weighted by Crippen LogP contribution is -2.66. The molecule has 0 saturated carbocycles. The van der Waals surface area contributed by atoms with Crippen LogP contribution in [-0.4, -0.2) is 193 Å². The summed E-state index contributed by atoms with van der Waals surface area (Å²) in [6, 6.07) is -0.882. The van der Waals surface area contributed by atoms with Gasteiger partial charge in [-0.05, 0) is 51.4 Å². The topological polar surface area (TPSA) is 307 Å². The molecule has 0 radical (unpaired) electrons. The Morgan fingerprint density at radius 2 is 0.802 bits per heavy atom.